The minimum atomic E-state index is -2.76. The first kappa shape index (κ1) is 83.1. The number of carbonyl (C=O) groups excluding carboxylic acids is 11. The number of likely N-dealkylation sites (N-methyl/N-ethyl adjacent to an activating group) is 6. The van der Waals surface area contributed by atoms with Crippen LogP contribution in [0.1, 0.15) is 196 Å². The molecule has 0 spiro atoms. The zero-order valence-corrected chi connectivity index (χ0v) is 62.4. The number of nitrogens with one attached hydrogen (secondary N) is 1. The molecule has 7 amide bonds. The van der Waals surface area contributed by atoms with E-state index < -0.39 is 128 Å². The molecule has 1 aliphatic heterocycles. The molecule has 0 aromatic heterocycles. The molecule has 90 heavy (non-hydrogen) atoms. The fourth-order valence-corrected chi connectivity index (χ4v) is 13.9. The summed E-state index contributed by atoms with van der Waals surface area (Å²) >= 11 is 0. The van der Waals surface area contributed by atoms with E-state index in [0.717, 1.165) is 6.29 Å². The Morgan fingerprint density at radius 1 is 0.544 bits per heavy atom. The van der Waals surface area contributed by atoms with Crippen LogP contribution in [0.2, 0.25) is 18.1 Å². The first-order chi connectivity index (χ1) is 41.2. The van der Waals surface area contributed by atoms with Crippen LogP contribution in [0.5, 0.6) is 0 Å². The van der Waals surface area contributed by atoms with E-state index >= 15 is 9.59 Å². The molecule has 0 bridgehead atoms. The molecule has 1 saturated heterocycles. The van der Waals surface area contributed by atoms with E-state index in [9.17, 15) is 43.2 Å². The van der Waals surface area contributed by atoms with Gasteiger partial charge in [0.05, 0.1) is 30.4 Å². The van der Waals surface area contributed by atoms with Crippen LogP contribution in [-0.4, -0.2) is 211 Å². The highest BCUT2D eigenvalue weighted by atomic mass is 28.4. The summed E-state index contributed by atoms with van der Waals surface area (Å²) in [5.74, 6) is -8.89. The Labute approximate surface area is 545 Å². The molecule has 0 radical (unpaired) electrons. The maximum absolute atomic E-state index is 15.8. The summed E-state index contributed by atoms with van der Waals surface area (Å²) in [4.78, 5) is 171. The molecule has 1 aliphatic rings. The highest BCUT2D eigenvalue weighted by Gasteiger charge is 2.49. The number of rotatable bonds is 16. The first-order valence-corrected chi connectivity index (χ1v) is 36.4. The van der Waals surface area contributed by atoms with Crippen LogP contribution in [0, 0.1) is 59.2 Å². The quantitative estimate of drug-likeness (QED) is 0.112. The molecule has 0 aromatic carbocycles. The normalized spacial score (nSPS) is 27.6. The Balaban J connectivity index is 4.50. The van der Waals surface area contributed by atoms with Crippen molar-refractivity contribution in [1.29, 1.82) is 0 Å². The second-order valence-corrected chi connectivity index (χ2v) is 35.2. The van der Waals surface area contributed by atoms with Crippen molar-refractivity contribution in [2.45, 2.75) is 269 Å². The molecule has 1 heterocycles. The van der Waals surface area contributed by atoms with Gasteiger partial charge in [0.1, 0.15) is 24.4 Å². The number of amides is 7. The average molecular weight is 1290 g/mol. The average Bonchev–Trinajstić information content (AvgIpc) is 0.810. The summed E-state index contributed by atoms with van der Waals surface area (Å²) in [6.45, 7) is 41.6. The third kappa shape index (κ3) is 22.4. The van der Waals surface area contributed by atoms with E-state index in [-0.39, 0.29) is 109 Å². The number of hydrogen-bond donors (Lipinski definition) is 1. The molecule has 0 saturated carbocycles. The van der Waals surface area contributed by atoms with Crippen LogP contribution >= 0.6 is 0 Å². The Morgan fingerprint density at radius 3 is 1.47 bits per heavy atom. The largest absolute Gasteiger partial charge is 0.412 e. The van der Waals surface area contributed by atoms with Gasteiger partial charge in [-0.05, 0) is 106 Å². The maximum Gasteiger partial charge on any atom is 0.245 e. The summed E-state index contributed by atoms with van der Waals surface area (Å²) < 4.78 is 7.27. The summed E-state index contributed by atoms with van der Waals surface area (Å²) in [5.41, 5.74) is 0. The minimum absolute atomic E-state index is 0.0171. The molecule has 518 valence electrons. The predicted molar refractivity (Wildman–Crippen MR) is 359 cm³/mol. The predicted octanol–water partition coefficient (Wildman–Crippen LogP) is 9.01. The number of hydrogen-bond acceptors (Lipinski definition) is 13. The lowest BCUT2D eigenvalue weighted by Crippen LogP contribution is -2.63. The number of nitrogens with zero attached hydrogens (tertiary/aromatic N) is 7. The maximum atomic E-state index is 15.8. The number of carbonyl (C=O) groups is 11. The van der Waals surface area contributed by atoms with Crippen molar-refractivity contribution in [3.8, 4) is 0 Å². The van der Waals surface area contributed by atoms with Crippen LogP contribution in [0.25, 0.3) is 0 Å². The van der Waals surface area contributed by atoms with Gasteiger partial charge in [-0.1, -0.05) is 125 Å². The van der Waals surface area contributed by atoms with E-state index in [1.807, 2.05) is 94.9 Å². The van der Waals surface area contributed by atoms with Crippen molar-refractivity contribution in [1.82, 2.24) is 39.6 Å². The lowest BCUT2D eigenvalue weighted by atomic mass is 9.84. The lowest BCUT2D eigenvalue weighted by Gasteiger charge is -2.48. The van der Waals surface area contributed by atoms with Crippen LogP contribution in [0.15, 0.2) is 0 Å². The lowest BCUT2D eigenvalue weighted by molar-refractivity contribution is -0.152. The van der Waals surface area contributed by atoms with Crippen molar-refractivity contribution in [3.63, 3.8) is 0 Å². The van der Waals surface area contributed by atoms with E-state index in [0.29, 0.717) is 6.42 Å². The van der Waals surface area contributed by atoms with Gasteiger partial charge in [0.25, 0.3) is 0 Å². The molecular formula is C69H126N8O12Si. The third-order valence-electron chi connectivity index (χ3n) is 19.4. The number of ketones is 3. The standard InChI is InChI=1S/C69H126N8O12Si/c1-30-50-37-57(81)60(61(46(14)31-32-78)89-90(28,29)69(18,19)20)76(26)63(45(12)13)75(25)58(82)38-51(33-40(2)3)72(22)68(88)59(44(10)11)77(27)64(84)48(16)70-62(83)47(15)36-55(79)53(34-41(4)5)74(24)67(87)52(43(8)9)39-56(80)54(35-42(6)7)73(23)65(85)49(17)71(21)66(50)86/h32,40-54,59-61,63H,30-31,33-39H2,1-29H3,(H,70,83)/t46-,47+,48+,49-,50+,51-,52-,53-,54+,59?,60+,61-,63+/m1/s1. The van der Waals surface area contributed by atoms with Gasteiger partial charge in [0.2, 0.25) is 41.4 Å². The van der Waals surface area contributed by atoms with Crippen molar-refractivity contribution in [2.75, 3.05) is 49.3 Å². The molecule has 20 nitrogen and oxygen atoms in total. The fraction of sp³-hybridized carbons (Fsp3) is 0.841. The van der Waals surface area contributed by atoms with Gasteiger partial charge in [-0.3, -0.25) is 52.8 Å². The van der Waals surface area contributed by atoms with Crippen LogP contribution in [-0.2, 0) is 57.2 Å². The first-order valence-electron chi connectivity index (χ1n) is 33.5. The zero-order chi connectivity index (χ0) is 70.3. The molecule has 1 rings (SSSR count). The minimum Gasteiger partial charge on any atom is -0.412 e. The Bertz CT molecular complexity index is 2440. The van der Waals surface area contributed by atoms with Gasteiger partial charge in [-0.2, -0.15) is 0 Å². The number of Topliss-reactive ketones (excluding diaryl/α,β-unsaturated/α-hetero) is 3. The molecule has 0 aliphatic carbocycles. The molecule has 1 unspecified atom stereocenters. The fourth-order valence-electron chi connectivity index (χ4n) is 12.5. The van der Waals surface area contributed by atoms with Crippen molar-refractivity contribution in [2.24, 2.45) is 59.2 Å². The van der Waals surface area contributed by atoms with Gasteiger partial charge in [0.15, 0.2) is 25.7 Å². The summed E-state index contributed by atoms with van der Waals surface area (Å²) in [5, 5.41) is 2.44. The molecule has 13 atom stereocenters. The highest BCUT2D eigenvalue weighted by Crippen LogP contribution is 2.40. The summed E-state index contributed by atoms with van der Waals surface area (Å²) in [6, 6.07) is -6.97. The van der Waals surface area contributed by atoms with E-state index in [2.05, 4.69) is 39.2 Å². The molecule has 1 fully saturated rings. The zero-order valence-electron chi connectivity index (χ0n) is 61.4. The Kier molecular flexibility index (Phi) is 33.2. The van der Waals surface area contributed by atoms with Gasteiger partial charge < -0.3 is 43.9 Å². The van der Waals surface area contributed by atoms with Gasteiger partial charge in [0, 0.05) is 98.2 Å². The van der Waals surface area contributed by atoms with Gasteiger partial charge in [-0.25, -0.2) is 0 Å². The van der Waals surface area contributed by atoms with Gasteiger partial charge in [-0.15, -0.1) is 0 Å². The van der Waals surface area contributed by atoms with Crippen molar-refractivity contribution < 1.29 is 57.2 Å². The van der Waals surface area contributed by atoms with Crippen molar-refractivity contribution in [3.05, 3.63) is 0 Å². The van der Waals surface area contributed by atoms with Crippen LogP contribution in [0.3, 0.4) is 0 Å². The second kappa shape index (κ2) is 36.0. The van der Waals surface area contributed by atoms with E-state index in [1.54, 1.807) is 46.8 Å². The molecular weight excluding hydrogens is 1160 g/mol. The topological polar surface area (TPSA) is 232 Å². The number of aldehydes is 1. The Hall–Kier alpha value is -4.89. The molecule has 1 N–H and O–H groups in total. The molecule has 21 heteroatoms. The highest BCUT2D eigenvalue weighted by molar-refractivity contribution is 6.74. The summed E-state index contributed by atoms with van der Waals surface area (Å²) in [7, 11) is 8.41. The van der Waals surface area contributed by atoms with Crippen molar-refractivity contribution >= 4 is 73.3 Å². The smallest absolute Gasteiger partial charge is 0.245 e. The van der Waals surface area contributed by atoms with Gasteiger partial charge >= 0.3 is 0 Å². The summed E-state index contributed by atoms with van der Waals surface area (Å²) in [6.07, 6.45) is -0.567. The van der Waals surface area contributed by atoms with Crippen LogP contribution < -0.4 is 5.32 Å². The second-order valence-electron chi connectivity index (χ2n) is 30.5. The van der Waals surface area contributed by atoms with E-state index in [1.165, 1.54) is 59.6 Å². The molecule has 0 aromatic rings. The SMILES string of the molecule is CC[C@H]1CC(=O)[C@@H]([C@H](O[Si](C)(C)C(C)(C)C)[C@H](C)CC=O)N(C)[C@@H](C(C)C)N(C)C(=O)C[C@@H](CC(C)C)N(C)C(=O)C(C(C)C)N(C)C(=O)[C@H](C)NC(=O)[C@@H](C)CC(=O)[C@@H](CC(C)C)N(C)C(=O)[C@@H](C(C)C)CC(=O)[C@H](CC(C)C)N(C)C(=O)[C@@H](C)N(C)C1=O. The monoisotopic (exact) mass is 1290 g/mol. The van der Waals surface area contributed by atoms with E-state index in [4.69, 9.17) is 4.43 Å². The third-order valence-corrected chi connectivity index (χ3v) is 23.9. The van der Waals surface area contributed by atoms with Crippen LogP contribution in [0.4, 0.5) is 0 Å². The Morgan fingerprint density at radius 2 is 1.03 bits per heavy atom.